The Kier molecular flexibility index (Phi) is 6.10. The molecule has 1 saturated heterocycles. The van der Waals surface area contributed by atoms with Crippen LogP contribution in [-0.4, -0.2) is 44.0 Å². The lowest BCUT2D eigenvalue weighted by molar-refractivity contribution is -0.121. The average Bonchev–Trinajstić information content (AvgIpc) is 3.04. The molecule has 2 heterocycles. The number of anilines is 1. The third-order valence-electron chi connectivity index (χ3n) is 6.07. The maximum absolute atomic E-state index is 14.6. The zero-order valence-corrected chi connectivity index (χ0v) is 19.0. The number of carbonyl (C=O) groups is 2. The number of piperidine rings is 1. The van der Waals surface area contributed by atoms with Crippen LogP contribution in [0.25, 0.3) is 5.57 Å². The zero-order chi connectivity index (χ0) is 23.9. The van der Waals surface area contributed by atoms with Gasteiger partial charge in [-0.2, -0.15) is 0 Å². The highest BCUT2D eigenvalue weighted by Crippen LogP contribution is 2.40. The molecule has 0 aliphatic carbocycles. The molecule has 0 spiro atoms. The van der Waals surface area contributed by atoms with E-state index in [1.165, 1.54) is 14.2 Å². The standard InChI is InChI=1S/C25H26F2N2O4/c1-14-9-15(2)13-28(12-14)23-22(16-5-8-20(32-3)21(10-16)33-4)24(30)29(25(23)31)19-11-17(26)6-7-18(19)27/h5-8,10-11,14-15H,9,12-13H2,1-4H3. The lowest BCUT2D eigenvalue weighted by Gasteiger charge is -2.37. The molecule has 33 heavy (non-hydrogen) atoms. The highest BCUT2D eigenvalue weighted by molar-refractivity contribution is 6.45. The van der Waals surface area contributed by atoms with Crippen molar-refractivity contribution in [1.82, 2.24) is 4.90 Å². The second-order valence-electron chi connectivity index (χ2n) is 8.69. The molecule has 2 aliphatic rings. The molecule has 1 fully saturated rings. The van der Waals surface area contributed by atoms with Crippen LogP contribution in [0.3, 0.4) is 0 Å². The van der Waals surface area contributed by atoms with Gasteiger partial charge >= 0.3 is 0 Å². The van der Waals surface area contributed by atoms with Crippen LogP contribution in [-0.2, 0) is 9.59 Å². The van der Waals surface area contributed by atoms with Crippen LogP contribution in [0, 0.1) is 23.5 Å². The fourth-order valence-electron chi connectivity index (χ4n) is 4.78. The zero-order valence-electron chi connectivity index (χ0n) is 19.0. The van der Waals surface area contributed by atoms with Gasteiger partial charge in [-0.3, -0.25) is 9.59 Å². The number of ether oxygens (including phenoxy) is 2. The molecule has 2 amide bonds. The Balaban J connectivity index is 1.89. The number of rotatable bonds is 5. The van der Waals surface area contributed by atoms with Crippen LogP contribution in [0.15, 0.2) is 42.1 Å². The summed E-state index contributed by atoms with van der Waals surface area (Å²) in [6.07, 6.45) is 1.000. The van der Waals surface area contributed by atoms with Gasteiger partial charge in [-0.15, -0.1) is 0 Å². The Bertz CT molecular complexity index is 1140. The normalized spacial score (nSPS) is 21.2. The van der Waals surface area contributed by atoms with Crippen LogP contribution in [0.4, 0.5) is 14.5 Å². The number of nitrogens with zero attached hydrogens (tertiary/aromatic N) is 2. The second-order valence-corrected chi connectivity index (χ2v) is 8.69. The number of hydrogen-bond donors (Lipinski definition) is 0. The Morgan fingerprint density at radius 3 is 2.18 bits per heavy atom. The smallest absolute Gasteiger partial charge is 0.282 e. The van der Waals surface area contributed by atoms with Crippen LogP contribution in [0.1, 0.15) is 25.8 Å². The van der Waals surface area contributed by atoms with E-state index in [0.29, 0.717) is 42.0 Å². The molecule has 2 atom stereocenters. The maximum atomic E-state index is 14.6. The molecule has 0 bridgehead atoms. The van der Waals surface area contributed by atoms with Gasteiger partial charge in [0.25, 0.3) is 11.8 Å². The summed E-state index contributed by atoms with van der Waals surface area (Å²) in [5.41, 5.74) is 0.350. The largest absolute Gasteiger partial charge is 0.493 e. The van der Waals surface area contributed by atoms with E-state index in [1.54, 1.807) is 18.2 Å². The van der Waals surface area contributed by atoms with Crippen molar-refractivity contribution in [2.24, 2.45) is 11.8 Å². The molecule has 0 aromatic heterocycles. The SMILES string of the molecule is COc1ccc(C2=C(N3CC(C)CC(C)C3)C(=O)N(c3cc(F)ccc3F)C2=O)cc1OC. The first-order valence-electron chi connectivity index (χ1n) is 10.8. The number of hydrogen-bond acceptors (Lipinski definition) is 5. The van der Waals surface area contributed by atoms with Crippen molar-refractivity contribution in [3.8, 4) is 11.5 Å². The Morgan fingerprint density at radius 2 is 1.55 bits per heavy atom. The highest BCUT2D eigenvalue weighted by Gasteiger charge is 2.44. The van der Waals surface area contributed by atoms with Gasteiger partial charge in [0.1, 0.15) is 17.3 Å². The van der Waals surface area contributed by atoms with Crippen LogP contribution in [0.2, 0.25) is 0 Å². The van der Waals surface area contributed by atoms with Crippen molar-refractivity contribution in [3.05, 3.63) is 59.3 Å². The summed E-state index contributed by atoms with van der Waals surface area (Å²) < 4.78 is 39.2. The van der Waals surface area contributed by atoms with Crippen LogP contribution >= 0.6 is 0 Å². The molecule has 2 unspecified atom stereocenters. The van der Waals surface area contributed by atoms with Crippen molar-refractivity contribution in [3.63, 3.8) is 0 Å². The number of halogens is 2. The Labute approximate surface area is 191 Å². The first-order chi connectivity index (χ1) is 15.7. The number of imide groups is 1. The van der Waals surface area contributed by atoms with Crippen molar-refractivity contribution >= 4 is 23.1 Å². The van der Waals surface area contributed by atoms with Gasteiger partial charge in [0.05, 0.1) is 25.5 Å². The van der Waals surface area contributed by atoms with Crippen molar-refractivity contribution in [1.29, 1.82) is 0 Å². The molecule has 2 aliphatic heterocycles. The fraction of sp³-hybridized carbons (Fsp3) is 0.360. The molecule has 2 aromatic rings. The summed E-state index contributed by atoms with van der Waals surface area (Å²) in [4.78, 5) is 29.8. The summed E-state index contributed by atoms with van der Waals surface area (Å²) in [6.45, 7) is 5.33. The van der Waals surface area contributed by atoms with E-state index >= 15 is 0 Å². The maximum Gasteiger partial charge on any atom is 0.282 e. The molecular formula is C25H26F2N2O4. The third kappa shape index (κ3) is 4.05. The average molecular weight is 456 g/mol. The molecule has 2 aromatic carbocycles. The summed E-state index contributed by atoms with van der Waals surface area (Å²) in [5, 5.41) is 0. The molecular weight excluding hydrogens is 430 g/mol. The minimum absolute atomic E-state index is 0.130. The van der Waals surface area contributed by atoms with Gasteiger partial charge in [0, 0.05) is 19.2 Å². The number of benzene rings is 2. The summed E-state index contributed by atoms with van der Waals surface area (Å²) in [5.74, 6) is -1.52. The topological polar surface area (TPSA) is 59.1 Å². The van der Waals surface area contributed by atoms with Gasteiger partial charge in [-0.1, -0.05) is 19.9 Å². The van der Waals surface area contributed by atoms with Gasteiger partial charge < -0.3 is 14.4 Å². The van der Waals surface area contributed by atoms with Crippen molar-refractivity contribution < 1.29 is 27.8 Å². The molecule has 174 valence electrons. The van der Waals surface area contributed by atoms with Crippen LogP contribution < -0.4 is 14.4 Å². The molecule has 6 nitrogen and oxygen atoms in total. The van der Waals surface area contributed by atoms with E-state index in [1.807, 2.05) is 4.90 Å². The van der Waals surface area contributed by atoms with Gasteiger partial charge in [0.2, 0.25) is 0 Å². The second kappa shape index (κ2) is 8.84. The molecule has 8 heteroatoms. The van der Waals surface area contributed by atoms with Crippen molar-refractivity contribution in [2.75, 3.05) is 32.2 Å². The van der Waals surface area contributed by atoms with E-state index in [2.05, 4.69) is 13.8 Å². The van der Waals surface area contributed by atoms with E-state index in [9.17, 15) is 18.4 Å². The van der Waals surface area contributed by atoms with E-state index in [4.69, 9.17) is 9.47 Å². The van der Waals surface area contributed by atoms with E-state index in [-0.39, 0.29) is 11.3 Å². The predicted molar refractivity (Wildman–Crippen MR) is 120 cm³/mol. The molecule has 0 N–H and O–H groups in total. The summed E-state index contributed by atoms with van der Waals surface area (Å²) in [7, 11) is 2.97. The summed E-state index contributed by atoms with van der Waals surface area (Å²) in [6, 6.07) is 7.63. The van der Waals surface area contributed by atoms with Crippen molar-refractivity contribution in [2.45, 2.75) is 20.3 Å². The number of amides is 2. The molecule has 0 radical (unpaired) electrons. The van der Waals surface area contributed by atoms with Gasteiger partial charge in [0.15, 0.2) is 11.5 Å². The first-order valence-corrected chi connectivity index (χ1v) is 10.8. The summed E-state index contributed by atoms with van der Waals surface area (Å²) >= 11 is 0. The lowest BCUT2D eigenvalue weighted by Crippen LogP contribution is -2.42. The van der Waals surface area contributed by atoms with Crippen LogP contribution in [0.5, 0.6) is 11.5 Å². The Hall–Kier alpha value is -3.42. The monoisotopic (exact) mass is 456 g/mol. The predicted octanol–water partition coefficient (Wildman–Crippen LogP) is 4.24. The number of methoxy groups -OCH3 is 2. The highest BCUT2D eigenvalue weighted by atomic mass is 19.1. The van der Waals surface area contributed by atoms with Gasteiger partial charge in [-0.25, -0.2) is 13.7 Å². The minimum atomic E-state index is -0.855. The fourth-order valence-corrected chi connectivity index (χ4v) is 4.78. The lowest BCUT2D eigenvalue weighted by atomic mass is 9.91. The molecule has 0 saturated carbocycles. The Morgan fingerprint density at radius 1 is 0.879 bits per heavy atom. The third-order valence-corrected chi connectivity index (χ3v) is 6.07. The molecule has 4 rings (SSSR count). The first kappa shape index (κ1) is 22.8. The van der Waals surface area contributed by atoms with Gasteiger partial charge in [-0.05, 0) is 48.1 Å². The van der Waals surface area contributed by atoms with E-state index in [0.717, 1.165) is 29.5 Å². The number of carbonyl (C=O) groups excluding carboxylic acids is 2. The minimum Gasteiger partial charge on any atom is -0.493 e. The number of likely N-dealkylation sites (tertiary alicyclic amines) is 1. The quantitative estimate of drug-likeness (QED) is 0.630. The van der Waals surface area contributed by atoms with E-state index < -0.39 is 29.1 Å².